The van der Waals surface area contributed by atoms with Crippen LogP contribution in [0.1, 0.15) is 23.2 Å². The number of carbonyl (C=O) groups is 1. The fraction of sp³-hybridized carbons (Fsp3) is 0.636. The van der Waals surface area contributed by atoms with E-state index < -0.39 is 0 Å². The lowest BCUT2D eigenvalue weighted by Crippen LogP contribution is -2.35. The molecular formula is C11H19N3OS. The molecule has 0 saturated carbocycles. The molecule has 1 heterocycles. The van der Waals surface area contributed by atoms with Gasteiger partial charge in [0.2, 0.25) is 5.91 Å². The highest BCUT2D eigenvalue weighted by Gasteiger charge is 2.19. The van der Waals surface area contributed by atoms with Gasteiger partial charge in [-0.3, -0.25) is 4.79 Å². The Bertz CT molecular complexity index is 347. The van der Waals surface area contributed by atoms with E-state index >= 15 is 0 Å². The van der Waals surface area contributed by atoms with E-state index in [4.69, 9.17) is 5.73 Å². The van der Waals surface area contributed by atoms with Crippen molar-refractivity contribution in [3.05, 3.63) is 16.1 Å². The lowest BCUT2D eigenvalue weighted by molar-refractivity contribution is -0.134. The first-order valence-electron chi connectivity index (χ1n) is 5.44. The second-order valence-electron chi connectivity index (χ2n) is 3.88. The Morgan fingerprint density at radius 1 is 1.69 bits per heavy atom. The number of nitrogens with two attached hydrogens (primary N) is 1. The third-order valence-electron chi connectivity index (χ3n) is 2.56. The van der Waals surface area contributed by atoms with E-state index in [0.717, 1.165) is 16.3 Å². The predicted octanol–water partition coefficient (Wildman–Crippen LogP) is 1.39. The number of hydrogen-bond donors (Lipinski definition) is 1. The van der Waals surface area contributed by atoms with Crippen LogP contribution in [0, 0.1) is 12.8 Å². The molecule has 1 aromatic heterocycles. The zero-order valence-corrected chi connectivity index (χ0v) is 10.9. The molecule has 0 saturated heterocycles. The summed E-state index contributed by atoms with van der Waals surface area (Å²) in [5.41, 5.74) is 5.56. The zero-order chi connectivity index (χ0) is 12.1. The van der Waals surface area contributed by atoms with Gasteiger partial charge in [0.1, 0.15) is 0 Å². The van der Waals surface area contributed by atoms with Gasteiger partial charge in [0.05, 0.1) is 17.5 Å². The van der Waals surface area contributed by atoms with Crippen LogP contribution < -0.4 is 5.73 Å². The molecule has 16 heavy (non-hydrogen) atoms. The summed E-state index contributed by atoms with van der Waals surface area (Å²) < 4.78 is 0. The van der Waals surface area contributed by atoms with Gasteiger partial charge in [0.15, 0.2) is 0 Å². The van der Waals surface area contributed by atoms with Gasteiger partial charge in [-0.05, 0) is 13.3 Å². The van der Waals surface area contributed by atoms with E-state index in [-0.39, 0.29) is 11.8 Å². The lowest BCUT2D eigenvalue weighted by Gasteiger charge is -2.21. The number of rotatable bonds is 5. The fourth-order valence-electron chi connectivity index (χ4n) is 1.54. The minimum Gasteiger partial charge on any atom is -0.340 e. The Hall–Kier alpha value is -0.940. The van der Waals surface area contributed by atoms with Crippen molar-refractivity contribution in [2.75, 3.05) is 13.6 Å². The van der Waals surface area contributed by atoms with Crippen molar-refractivity contribution < 1.29 is 4.79 Å². The second-order valence-corrected chi connectivity index (χ2v) is 5.20. The molecule has 0 aliphatic rings. The average Bonchev–Trinajstić information content (AvgIpc) is 2.65. The number of aryl methyl sites for hydroxylation is 1. The Morgan fingerprint density at radius 2 is 2.38 bits per heavy atom. The molecular weight excluding hydrogens is 222 g/mol. The van der Waals surface area contributed by atoms with Crippen LogP contribution in [-0.2, 0) is 11.3 Å². The molecule has 0 aliphatic heterocycles. The fourth-order valence-corrected chi connectivity index (χ4v) is 2.39. The summed E-state index contributed by atoms with van der Waals surface area (Å²) in [5.74, 6) is 0.0649. The van der Waals surface area contributed by atoms with Gasteiger partial charge in [-0.2, -0.15) is 0 Å². The van der Waals surface area contributed by atoms with Crippen LogP contribution in [0.3, 0.4) is 0 Å². The smallest absolute Gasteiger partial charge is 0.227 e. The molecule has 0 radical (unpaired) electrons. The van der Waals surface area contributed by atoms with Crippen LogP contribution in [0.25, 0.3) is 0 Å². The maximum atomic E-state index is 11.9. The van der Waals surface area contributed by atoms with Crippen molar-refractivity contribution in [1.82, 2.24) is 9.88 Å². The highest BCUT2D eigenvalue weighted by molar-refractivity contribution is 7.11. The van der Waals surface area contributed by atoms with Crippen molar-refractivity contribution >= 4 is 17.2 Å². The highest BCUT2D eigenvalue weighted by atomic mass is 32.1. The van der Waals surface area contributed by atoms with Crippen LogP contribution in [0.15, 0.2) is 6.20 Å². The van der Waals surface area contributed by atoms with E-state index in [1.54, 1.807) is 16.2 Å². The van der Waals surface area contributed by atoms with Crippen LogP contribution in [0.2, 0.25) is 0 Å². The van der Waals surface area contributed by atoms with Gasteiger partial charge < -0.3 is 10.6 Å². The summed E-state index contributed by atoms with van der Waals surface area (Å²) in [4.78, 5) is 19.0. The molecule has 5 heteroatoms. The summed E-state index contributed by atoms with van der Waals surface area (Å²) in [6.07, 6.45) is 2.62. The first-order chi connectivity index (χ1) is 7.58. The number of nitrogens with zero attached hydrogens (tertiary/aromatic N) is 2. The first kappa shape index (κ1) is 13.1. The van der Waals surface area contributed by atoms with Crippen molar-refractivity contribution in [3.8, 4) is 0 Å². The van der Waals surface area contributed by atoms with E-state index in [1.807, 2.05) is 27.1 Å². The summed E-state index contributed by atoms with van der Waals surface area (Å²) in [6, 6.07) is 0. The molecule has 0 bridgehead atoms. The summed E-state index contributed by atoms with van der Waals surface area (Å²) in [6.45, 7) is 4.99. The molecule has 0 aromatic carbocycles. The highest BCUT2D eigenvalue weighted by Crippen LogP contribution is 2.15. The standard InChI is InChI=1S/C11H19N3OS/c1-4-9(5-12)11(15)14(3)7-10-6-13-8(2)16-10/h6,9H,4-5,7,12H2,1-3H3. The number of thiazole rings is 1. The molecule has 0 spiro atoms. The molecule has 90 valence electrons. The summed E-state index contributed by atoms with van der Waals surface area (Å²) in [5, 5.41) is 1.03. The molecule has 1 atom stereocenters. The summed E-state index contributed by atoms with van der Waals surface area (Å²) >= 11 is 1.62. The molecule has 1 amide bonds. The normalized spacial score (nSPS) is 12.5. The minimum atomic E-state index is -0.0565. The number of aromatic nitrogens is 1. The number of hydrogen-bond acceptors (Lipinski definition) is 4. The third kappa shape index (κ3) is 3.28. The van der Waals surface area contributed by atoms with Gasteiger partial charge in [0, 0.05) is 24.7 Å². The first-order valence-corrected chi connectivity index (χ1v) is 6.26. The van der Waals surface area contributed by atoms with E-state index in [9.17, 15) is 4.79 Å². The van der Waals surface area contributed by atoms with Crippen LogP contribution in [0.4, 0.5) is 0 Å². The van der Waals surface area contributed by atoms with Crippen molar-refractivity contribution in [2.45, 2.75) is 26.8 Å². The monoisotopic (exact) mass is 241 g/mol. The quantitative estimate of drug-likeness (QED) is 0.847. The molecule has 1 aromatic rings. The Kier molecular flexibility index (Phi) is 4.89. The zero-order valence-electron chi connectivity index (χ0n) is 10.1. The van der Waals surface area contributed by atoms with E-state index in [1.165, 1.54) is 0 Å². The van der Waals surface area contributed by atoms with E-state index in [2.05, 4.69) is 4.98 Å². The third-order valence-corrected chi connectivity index (χ3v) is 3.46. The molecule has 4 nitrogen and oxygen atoms in total. The lowest BCUT2D eigenvalue weighted by atomic mass is 10.1. The van der Waals surface area contributed by atoms with Crippen molar-refractivity contribution in [2.24, 2.45) is 11.7 Å². The summed E-state index contributed by atoms with van der Waals surface area (Å²) in [7, 11) is 1.82. The van der Waals surface area contributed by atoms with Gasteiger partial charge in [0.25, 0.3) is 0 Å². The van der Waals surface area contributed by atoms with Gasteiger partial charge >= 0.3 is 0 Å². The van der Waals surface area contributed by atoms with Crippen molar-refractivity contribution in [1.29, 1.82) is 0 Å². The van der Waals surface area contributed by atoms with Gasteiger partial charge in [-0.25, -0.2) is 4.98 Å². The van der Waals surface area contributed by atoms with Crippen LogP contribution in [-0.4, -0.2) is 29.4 Å². The van der Waals surface area contributed by atoms with Gasteiger partial charge in [-0.15, -0.1) is 11.3 Å². The molecule has 1 unspecified atom stereocenters. The average molecular weight is 241 g/mol. The van der Waals surface area contributed by atoms with Gasteiger partial charge in [-0.1, -0.05) is 6.92 Å². The minimum absolute atomic E-state index is 0.0565. The topological polar surface area (TPSA) is 59.2 Å². The van der Waals surface area contributed by atoms with Crippen LogP contribution in [0.5, 0.6) is 0 Å². The predicted molar refractivity (Wildman–Crippen MR) is 66.2 cm³/mol. The Labute approximate surface area is 100 Å². The maximum Gasteiger partial charge on any atom is 0.227 e. The number of amides is 1. The molecule has 1 rings (SSSR count). The maximum absolute atomic E-state index is 11.9. The molecule has 2 N–H and O–H groups in total. The Morgan fingerprint density at radius 3 is 2.81 bits per heavy atom. The molecule has 0 fully saturated rings. The second kappa shape index (κ2) is 5.96. The van der Waals surface area contributed by atoms with Crippen LogP contribution >= 0.6 is 11.3 Å². The van der Waals surface area contributed by atoms with Crippen molar-refractivity contribution in [3.63, 3.8) is 0 Å². The largest absolute Gasteiger partial charge is 0.340 e. The number of carbonyl (C=O) groups excluding carboxylic acids is 1. The van der Waals surface area contributed by atoms with E-state index in [0.29, 0.717) is 13.1 Å². The Balaban J connectivity index is 2.57. The molecule has 0 aliphatic carbocycles. The SMILES string of the molecule is CCC(CN)C(=O)N(C)Cc1cnc(C)s1.